The minimum atomic E-state index is -0.538. The van der Waals surface area contributed by atoms with E-state index in [-0.39, 0.29) is 24.1 Å². The molecule has 1 amide bonds. The average molecular weight is 391 g/mol. The fourth-order valence-electron chi connectivity index (χ4n) is 3.54. The molecule has 0 aliphatic heterocycles. The molecule has 0 atom stereocenters. The molecule has 0 aliphatic carbocycles. The maximum absolute atomic E-state index is 13.1. The largest absolute Gasteiger partial charge is 0.449 e. The molecule has 4 rings (SSSR count). The average Bonchev–Trinajstić information content (AvgIpc) is 3.05. The van der Waals surface area contributed by atoms with Gasteiger partial charge >= 0.3 is 5.69 Å². The van der Waals surface area contributed by atoms with Crippen molar-refractivity contribution in [1.29, 1.82) is 0 Å². The molecule has 0 fully saturated rings. The topological polar surface area (TPSA) is 86.2 Å². The first-order chi connectivity index (χ1) is 13.9. The van der Waals surface area contributed by atoms with Gasteiger partial charge in [-0.25, -0.2) is 4.79 Å². The van der Waals surface area contributed by atoms with Gasteiger partial charge in [-0.2, -0.15) is 0 Å². The Hall–Kier alpha value is -3.61. The number of aryl methyl sites for hydroxylation is 1. The Labute approximate surface area is 166 Å². The lowest BCUT2D eigenvalue weighted by molar-refractivity contribution is -0.116. The molecular formula is C22H21N3O4. The SMILES string of the molecule is Cc1cccc(NC(=O)Cn2c(=O)n(C(C)C)c(=O)c3oc4ccccc4c32)c1. The Kier molecular flexibility index (Phi) is 4.58. The van der Waals surface area contributed by atoms with Gasteiger partial charge in [0, 0.05) is 17.1 Å². The summed E-state index contributed by atoms with van der Waals surface area (Å²) in [6, 6.07) is 14.1. The van der Waals surface area contributed by atoms with Crippen LogP contribution in [0, 0.1) is 6.92 Å². The fourth-order valence-corrected chi connectivity index (χ4v) is 3.54. The van der Waals surface area contributed by atoms with Gasteiger partial charge in [0.15, 0.2) is 0 Å². The predicted molar refractivity (Wildman–Crippen MR) is 112 cm³/mol. The summed E-state index contributed by atoms with van der Waals surface area (Å²) in [6.45, 7) is 5.18. The maximum Gasteiger partial charge on any atom is 0.332 e. The van der Waals surface area contributed by atoms with Crippen molar-refractivity contribution in [2.24, 2.45) is 0 Å². The van der Waals surface area contributed by atoms with Crippen LogP contribution in [0.3, 0.4) is 0 Å². The van der Waals surface area contributed by atoms with E-state index in [0.717, 1.165) is 10.1 Å². The molecule has 0 aliphatic rings. The summed E-state index contributed by atoms with van der Waals surface area (Å²) in [5, 5.41) is 3.43. The van der Waals surface area contributed by atoms with Crippen LogP contribution in [0.2, 0.25) is 0 Å². The zero-order chi connectivity index (χ0) is 20.7. The summed E-state index contributed by atoms with van der Waals surface area (Å²) in [6.07, 6.45) is 0. The van der Waals surface area contributed by atoms with Crippen molar-refractivity contribution in [1.82, 2.24) is 9.13 Å². The van der Waals surface area contributed by atoms with E-state index in [2.05, 4.69) is 5.32 Å². The highest BCUT2D eigenvalue weighted by atomic mass is 16.3. The van der Waals surface area contributed by atoms with Gasteiger partial charge in [0.2, 0.25) is 11.5 Å². The number of rotatable bonds is 4. The van der Waals surface area contributed by atoms with Gasteiger partial charge in [-0.05, 0) is 50.6 Å². The highest BCUT2D eigenvalue weighted by molar-refractivity contribution is 6.03. The van der Waals surface area contributed by atoms with Crippen LogP contribution >= 0.6 is 0 Å². The summed E-state index contributed by atoms with van der Waals surface area (Å²) < 4.78 is 8.19. The van der Waals surface area contributed by atoms with Gasteiger partial charge in [-0.15, -0.1) is 0 Å². The van der Waals surface area contributed by atoms with Crippen LogP contribution in [0.25, 0.3) is 22.1 Å². The van der Waals surface area contributed by atoms with Crippen LogP contribution in [0.15, 0.2) is 62.5 Å². The fraction of sp³-hybridized carbons (Fsp3) is 0.227. The molecule has 0 spiro atoms. The number of fused-ring (bicyclic) bond motifs is 3. The smallest absolute Gasteiger partial charge is 0.332 e. The third-order valence-corrected chi connectivity index (χ3v) is 4.81. The van der Waals surface area contributed by atoms with E-state index >= 15 is 0 Å². The number of carbonyl (C=O) groups is 1. The second kappa shape index (κ2) is 7.09. The van der Waals surface area contributed by atoms with Crippen LogP contribution < -0.4 is 16.6 Å². The summed E-state index contributed by atoms with van der Waals surface area (Å²) in [5.74, 6) is -0.363. The van der Waals surface area contributed by atoms with Crippen molar-refractivity contribution < 1.29 is 9.21 Å². The zero-order valence-electron chi connectivity index (χ0n) is 16.4. The number of nitrogens with zero attached hydrogens (tertiary/aromatic N) is 2. The number of nitrogens with one attached hydrogen (secondary N) is 1. The Morgan fingerprint density at radius 3 is 2.59 bits per heavy atom. The quantitative estimate of drug-likeness (QED) is 0.577. The van der Waals surface area contributed by atoms with E-state index in [0.29, 0.717) is 22.2 Å². The lowest BCUT2D eigenvalue weighted by atomic mass is 10.2. The standard InChI is InChI=1S/C22H21N3O4/c1-13(2)25-21(27)20-19(16-9-4-5-10-17(16)29-20)24(22(25)28)12-18(26)23-15-8-6-7-14(3)11-15/h4-11,13H,12H2,1-3H3,(H,23,26). The molecule has 2 aromatic carbocycles. The van der Waals surface area contributed by atoms with Gasteiger partial charge in [0.1, 0.15) is 17.6 Å². The Balaban J connectivity index is 1.89. The van der Waals surface area contributed by atoms with E-state index < -0.39 is 11.2 Å². The van der Waals surface area contributed by atoms with Crippen LogP contribution in [-0.2, 0) is 11.3 Å². The third kappa shape index (κ3) is 3.24. The zero-order valence-corrected chi connectivity index (χ0v) is 16.4. The lowest BCUT2D eigenvalue weighted by Gasteiger charge is -2.14. The molecule has 0 bridgehead atoms. The van der Waals surface area contributed by atoms with Crippen molar-refractivity contribution >= 4 is 33.7 Å². The summed E-state index contributed by atoms with van der Waals surface area (Å²) in [7, 11) is 0. The van der Waals surface area contributed by atoms with E-state index in [9.17, 15) is 14.4 Å². The van der Waals surface area contributed by atoms with Gasteiger partial charge in [0.25, 0.3) is 5.56 Å². The first-order valence-corrected chi connectivity index (χ1v) is 9.40. The van der Waals surface area contributed by atoms with E-state index in [4.69, 9.17) is 4.42 Å². The van der Waals surface area contributed by atoms with Crippen LogP contribution in [0.5, 0.6) is 0 Å². The van der Waals surface area contributed by atoms with Gasteiger partial charge in [-0.1, -0.05) is 24.3 Å². The Morgan fingerprint density at radius 2 is 1.86 bits per heavy atom. The number of anilines is 1. The second-order valence-corrected chi connectivity index (χ2v) is 7.33. The molecule has 1 N–H and O–H groups in total. The van der Waals surface area contributed by atoms with Crippen molar-refractivity contribution in [3.63, 3.8) is 0 Å². The van der Waals surface area contributed by atoms with E-state index in [1.165, 1.54) is 4.57 Å². The van der Waals surface area contributed by atoms with Crippen LogP contribution in [0.4, 0.5) is 5.69 Å². The molecule has 0 unspecified atom stereocenters. The van der Waals surface area contributed by atoms with Crippen molar-refractivity contribution in [2.75, 3.05) is 5.32 Å². The van der Waals surface area contributed by atoms with E-state index in [1.807, 2.05) is 25.1 Å². The number of furan rings is 1. The summed E-state index contributed by atoms with van der Waals surface area (Å²) in [5.41, 5.74) is 1.53. The molecule has 0 radical (unpaired) electrons. The second-order valence-electron chi connectivity index (χ2n) is 7.33. The lowest BCUT2D eigenvalue weighted by Crippen LogP contribution is -2.42. The molecule has 4 aromatic rings. The Bertz CT molecular complexity index is 1360. The Morgan fingerprint density at radius 1 is 1.10 bits per heavy atom. The molecule has 7 heteroatoms. The minimum Gasteiger partial charge on any atom is -0.449 e. The minimum absolute atomic E-state index is 0.0721. The molecule has 2 aromatic heterocycles. The first-order valence-electron chi connectivity index (χ1n) is 9.40. The summed E-state index contributed by atoms with van der Waals surface area (Å²) >= 11 is 0. The molecular weight excluding hydrogens is 370 g/mol. The number of hydrogen-bond acceptors (Lipinski definition) is 4. The van der Waals surface area contributed by atoms with Gasteiger partial charge < -0.3 is 9.73 Å². The molecule has 0 saturated heterocycles. The first kappa shape index (κ1) is 18.7. The van der Waals surface area contributed by atoms with Crippen molar-refractivity contribution in [2.45, 2.75) is 33.4 Å². The number of benzene rings is 2. The molecule has 29 heavy (non-hydrogen) atoms. The third-order valence-electron chi connectivity index (χ3n) is 4.81. The number of amides is 1. The van der Waals surface area contributed by atoms with Crippen molar-refractivity contribution in [3.05, 3.63) is 74.9 Å². The predicted octanol–water partition coefficient (Wildman–Crippen LogP) is 3.44. The van der Waals surface area contributed by atoms with E-state index in [1.54, 1.807) is 44.2 Å². The molecule has 0 saturated carbocycles. The highest BCUT2D eigenvalue weighted by Crippen LogP contribution is 2.25. The molecule has 2 heterocycles. The number of hydrogen-bond donors (Lipinski definition) is 1. The normalized spacial score (nSPS) is 11.4. The van der Waals surface area contributed by atoms with Crippen molar-refractivity contribution in [3.8, 4) is 0 Å². The monoisotopic (exact) mass is 391 g/mol. The number of para-hydroxylation sites is 1. The molecule has 7 nitrogen and oxygen atoms in total. The van der Waals surface area contributed by atoms with Crippen LogP contribution in [-0.4, -0.2) is 15.0 Å². The van der Waals surface area contributed by atoms with Gasteiger partial charge in [0.05, 0.1) is 0 Å². The summed E-state index contributed by atoms with van der Waals surface area (Å²) in [4.78, 5) is 38.7. The van der Waals surface area contributed by atoms with Gasteiger partial charge in [-0.3, -0.25) is 18.7 Å². The number of carbonyl (C=O) groups excluding carboxylic acids is 1. The maximum atomic E-state index is 13.1. The van der Waals surface area contributed by atoms with Crippen LogP contribution in [0.1, 0.15) is 25.5 Å². The number of aromatic nitrogens is 2. The highest BCUT2D eigenvalue weighted by Gasteiger charge is 2.22. The molecule has 148 valence electrons.